The Kier molecular flexibility index (Phi) is 1.89. The number of fused-ring (bicyclic) bond motifs is 1. The molecule has 1 aromatic carbocycles. The van der Waals surface area contributed by atoms with Gasteiger partial charge in [0.05, 0.1) is 11.2 Å². The van der Waals surface area contributed by atoms with E-state index in [0.717, 1.165) is 0 Å². The molecule has 0 radical (unpaired) electrons. The third kappa shape index (κ3) is 1.21. The quantitative estimate of drug-likeness (QED) is 0.550. The zero-order chi connectivity index (χ0) is 10.1. The van der Waals surface area contributed by atoms with Crippen LogP contribution < -0.4 is 5.73 Å². The summed E-state index contributed by atoms with van der Waals surface area (Å²) in [5.74, 6) is -0.474. The van der Waals surface area contributed by atoms with Crippen LogP contribution in [0.15, 0.2) is 24.3 Å². The van der Waals surface area contributed by atoms with Crippen molar-refractivity contribution in [2.24, 2.45) is 0 Å². The molecule has 3 nitrogen and oxygen atoms in total. The van der Waals surface area contributed by atoms with E-state index < -0.39 is 5.82 Å². The van der Waals surface area contributed by atoms with Gasteiger partial charge in [-0.2, -0.15) is 0 Å². The number of aromatic nitrogens is 1. The fourth-order valence-corrected chi connectivity index (χ4v) is 1.28. The van der Waals surface area contributed by atoms with Crippen molar-refractivity contribution in [2.45, 2.75) is 0 Å². The first-order valence-electron chi connectivity index (χ1n) is 4.02. The normalized spacial score (nSPS) is 10.4. The molecule has 0 atom stereocenters. The highest BCUT2D eigenvalue weighted by Gasteiger charge is 2.04. The molecule has 0 fully saturated rings. The Morgan fingerprint density at radius 1 is 1.29 bits per heavy atom. The number of nitrogens with two attached hydrogens (primary N) is 1. The predicted octanol–water partition coefficient (Wildman–Crippen LogP) is 1.77. The Bertz CT molecular complexity index is 511. The number of hydrogen-bond donors (Lipinski definition) is 1. The van der Waals surface area contributed by atoms with Gasteiger partial charge in [0.2, 0.25) is 0 Å². The van der Waals surface area contributed by atoms with Crippen LogP contribution in [-0.2, 0) is 0 Å². The first-order valence-corrected chi connectivity index (χ1v) is 4.02. The number of carbonyl (C=O) groups is 1. The third-order valence-electron chi connectivity index (χ3n) is 2.00. The molecular weight excluding hydrogens is 183 g/mol. The van der Waals surface area contributed by atoms with Crippen LogP contribution in [0.5, 0.6) is 0 Å². The van der Waals surface area contributed by atoms with Gasteiger partial charge in [0.25, 0.3) is 0 Å². The number of anilines is 1. The number of halogens is 1. The van der Waals surface area contributed by atoms with Crippen molar-refractivity contribution in [3.63, 3.8) is 0 Å². The summed E-state index contributed by atoms with van der Waals surface area (Å²) in [4.78, 5) is 14.4. The molecule has 14 heavy (non-hydrogen) atoms. The van der Waals surface area contributed by atoms with Gasteiger partial charge < -0.3 is 5.73 Å². The van der Waals surface area contributed by atoms with Gasteiger partial charge in [-0.05, 0) is 24.3 Å². The number of rotatable bonds is 1. The van der Waals surface area contributed by atoms with Crippen LogP contribution in [0, 0.1) is 5.82 Å². The van der Waals surface area contributed by atoms with Gasteiger partial charge >= 0.3 is 0 Å². The molecule has 70 valence electrons. The summed E-state index contributed by atoms with van der Waals surface area (Å²) in [6.45, 7) is 0. The lowest BCUT2D eigenvalue weighted by Gasteiger charge is -2.02. The number of carbonyl (C=O) groups excluding carboxylic acids is 1. The molecule has 0 aliphatic heterocycles. The SMILES string of the molecule is Nc1c(F)ccc2nc(C=O)ccc12. The monoisotopic (exact) mass is 190 g/mol. The van der Waals surface area contributed by atoms with Gasteiger partial charge in [-0.25, -0.2) is 9.37 Å². The molecule has 0 aliphatic carbocycles. The maximum atomic E-state index is 13.0. The van der Waals surface area contributed by atoms with E-state index in [-0.39, 0.29) is 5.69 Å². The molecule has 0 amide bonds. The lowest BCUT2D eigenvalue weighted by Crippen LogP contribution is -1.94. The van der Waals surface area contributed by atoms with Crippen molar-refractivity contribution in [1.82, 2.24) is 4.98 Å². The van der Waals surface area contributed by atoms with E-state index in [2.05, 4.69) is 4.98 Å². The van der Waals surface area contributed by atoms with Crippen LogP contribution in [-0.4, -0.2) is 11.3 Å². The highest BCUT2D eigenvalue weighted by Crippen LogP contribution is 2.22. The molecule has 4 heteroatoms. The minimum absolute atomic E-state index is 0.0625. The zero-order valence-corrected chi connectivity index (χ0v) is 7.20. The molecule has 1 aromatic heterocycles. The van der Waals surface area contributed by atoms with E-state index in [1.807, 2.05) is 0 Å². The zero-order valence-electron chi connectivity index (χ0n) is 7.20. The van der Waals surface area contributed by atoms with Crippen LogP contribution in [0.3, 0.4) is 0 Å². The number of aldehydes is 1. The Morgan fingerprint density at radius 3 is 2.79 bits per heavy atom. The molecule has 0 saturated heterocycles. The highest BCUT2D eigenvalue weighted by molar-refractivity contribution is 5.92. The van der Waals surface area contributed by atoms with E-state index in [1.54, 1.807) is 6.07 Å². The lowest BCUT2D eigenvalue weighted by molar-refractivity contribution is 0.111. The third-order valence-corrected chi connectivity index (χ3v) is 2.00. The minimum atomic E-state index is -0.474. The average Bonchev–Trinajstić information content (AvgIpc) is 2.23. The molecule has 0 unspecified atom stereocenters. The lowest BCUT2D eigenvalue weighted by atomic mass is 10.1. The highest BCUT2D eigenvalue weighted by atomic mass is 19.1. The molecule has 2 aromatic rings. The van der Waals surface area contributed by atoms with Crippen LogP contribution in [0.2, 0.25) is 0 Å². The second-order valence-electron chi connectivity index (χ2n) is 2.88. The van der Waals surface area contributed by atoms with E-state index in [9.17, 15) is 9.18 Å². The van der Waals surface area contributed by atoms with Crippen LogP contribution in [0.25, 0.3) is 10.9 Å². The second kappa shape index (κ2) is 3.06. The minimum Gasteiger partial charge on any atom is -0.396 e. The van der Waals surface area contributed by atoms with Crippen molar-refractivity contribution in [3.8, 4) is 0 Å². The Balaban J connectivity index is 2.81. The van der Waals surface area contributed by atoms with Crippen molar-refractivity contribution in [3.05, 3.63) is 35.8 Å². The number of pyridine rings is 1. The molecule has 0 bridgehead atoms. The van der Waals surface area contributed by atoms with E-state index in [4.69, 9.17) is 5.73 Å². The molecule has 1 heterocycles. The maximum absolute atomic E-state index is 13.0. The fraction of sp³-hybridized carbons (Fsp3) is 0. The fourth-order valence-electron chi connectivity index (χ4n) is 1.28. The van der Waals surface area contributed by atoms with Crippen molar-refractivity contribution in [1.29, 1.82) is 0 Å². The summed E-state index contributed by atoms with van der Waals surface area (Å²) in [6.07, 6.45) is 0.638. The average molecular weight is 190 g/mol. The Morgan fingerprint density at radius 2 is 2.07 bits per heavy atom. The summed E-state index contributed by atoms with van der Waals surface area (Å²) < 4.78 is 13.0. The van der Waals surface area contributed by atoms with Gasteiger partial charge in [0.1, 0.15) is 11.5 Å². The number of hydrogen-bond acceptors (Lipinski definition) is 3. The van der Waals surface area contributed by atoms with Gasteiger partial charge in [0, 0.05) is 5.39 Å². The maximum Gasteiger partial charge on any atom is 0.168 e. The molecule has 0 spiro atoms. The van der Waals surface area contributed by atoms with Crippen molar-refractivity contribution >= 4 is 22.9 Å². The largest absolute Gasteiger partial charge is 0.396 e. The van der Waals surface area contributed by atoms with Crippen molar-refractivity contribution in [2.75, 3.05) is 5.73 Å². The van der Waals surface area contributed by atoms with Crippen molar-refractivity contribution < 1.29 is 9.18 Å². The number of benzene rings is 1. The summed E-state index contributed by atoms with van der Waals surface area (Å²) in [5, 5.41) is 0.524. The van der Waals surface area contributed by atoms with Crippen LogP contribution in [0.4, 0.5) is 10.1 Å². The molecule has 0 aliphatic rings. The standard InChI is InChI=1S/C10H7FN2O/c11-8-3-4-9-7(10(8)12)2-1-6(5-14)13-9/h1-5H,12H2. The Labute approximate surface area is 79.4 Å². The first kappa shape index (κ1) is 8.62. The molecule has 2 rings (SSSR count). The summed E-state index contributed by atoms with van der Waals surface area (Å²) in [7, 11) is 0. The van der Waals surface area contributed by atoms with Gasteiger partial charge in [-0.15, -0.1) is 0 Å². The van der Waals surface area contributed by atoms with E-state index in [1.165, 1.54) is 18.2 Å². The molecule has 2 N–H and O–H groups in total. The van der Waals surface area contributed by atoms with Gasteiger partial charge in [0.15, 0.2) is 6.29 Å². The number of nitrogen functional groups attached to an aromatic ring is 1. The van der Waals surface area contributed by atoms with E-state index in [0.29, 0.717) is 22.9 Å². The number of nitrogens with zero attached hydrogens (tertiary/aromatic N) is 1. The summed E-state index contributed by atoms with van der Waals surface area (Å²) in [5.41, 5.74) is 6.40. The van der Waals surface area contributed by atoms with Gasteiger partial charge in [-0.1, -0.05) is 0 Å². The van der Waals surface area contributed by atoms with Gasteiger partial charge in [-0.3, -0.25) is 4.79 Å². The smallest absolute Gasteiger partial charge is 0.168 e. The topological polar surface area (TPSA) is 56.0 Å². The molecule has 0 saturated carbocycles. The second-order valence-corrected chi connectivity index (χ2v) is 2.88. The Hall–Kier alpha value is -1.97. The van der Waals surface area contributed by atoms with Crippen LogP contribution in [0.1, 0.15) is 10.5 Å². The molecular formula is C10H7FN2O. The van der Waals surface area contributed by atoms with E-state index >= 15 is 0 Å². The predicted molar refractivity (Wildman–Crippen MR) is 51.5 cm³/mol. The summed E-state index contributed by atoms with van der Waals surface area (Å²) >= 11 is 0. The first-order chi connectivity index (χ1) is 6.72. The van der Waals surface area contributed by atoms with Crippen LogP contribution >= 0.6 is 0 Å². The summed E-state index contributed by atoms with van der Waals surface area (Å²) in [6, 6.07) is 5.82.